The van der Waals surface area contributed by atoms with Crippen LogP contribution in [0.15, 0.2) is 52.8 Å². The summed E-state index contributed by atoms with van der Waals surface area (Å²) in [4.78, 5) is 18.5. The van der Waals surface area contributed by atoms with Gasteiger partial charge in [0.1, 0.15) is 5.67 Å². The Hall–Kier alpha value is -3.13. The Morgan fingerprint density at radius 3 is 2.74 bits per heavy atom. The van der Waals surface area contributed by atoms with E-state index in [0.29, 0.717) is 30.9 Å². The lowest BCUT2D eigenvalue weighted by atomic mass is 9.98. The highest BCUT2D eigenvalue weighted by atomic mass is 19.1. The van der Waals surface area contributed by atoms with E-state index in [4.69, 9.17) is 17.1 Å². The predicted octanol–water partition coefficient (Wildman–Crippen LogP) is 5.16. The highest BCUT2D eigenvalue weighted by Crippen LogP contribution is 2.35. The van der Waals surface area contributed by atoms with E-state index in [1.165, 1.54) is 0 Å². The van der Waals surface area contributed by atoms with Gasteiger partial charge in [-0.1, -0.05) is 31.1 Å². The number of halogens is 1. The Bertz CT molecular complexity index is 1050. The van der Waals surface area contributed by atoms with Crippen molar-refractivity contribution >= 4 is 17.3 Å². The van der Waals surface area contributed by atoms with Gasteiger partial charge in [0.15, 0.2) is 0 Å². The number of primary amides is 1. The Balaban J connectivity index is 2.06. The number of aryl methyl sites for hydroxylation is 1. The molecular formula is C26H30FN3O. The fraction of sp³-hybridized carbons (Fsp3) is 0.385. The third kappa shape index (κ3) is 5.32. The standard InChI is InChI=1S/C26H30FN3O/c1-6-19-15-22(29-12-11-26(4,5)27)23-10-7-17(2)13-24(30(23)16-19)20-8-9-21(25(28)31)18(3)14-20/h1,8-10,13-14,16-17H,7,11-12,15H2,2-5H3,(H2,28,31). The van der Waals surface area contributed by atoms with Crippen LogP contribution in [0.3, 0.4) is 0 Å². The van der Waals surface area contributed by atoms with Gasteiger partial charge < -0.3 is 10.6 Å². The third-order valence-corrected chi connectivity index (χ3v) is 5.56. The van der Waals surface area contributed by atoms with E-state index in [-0.39, 0.29) is 0 Å². The zero-order chi connectivity index (χ0) is 22.8. The van der Waals surface area contributed by atoms with Crippen molar-refractivity contribution in [3.05, 3.63) is 64.5 Å². The van der Waals surface area contributed by atoms with E-state index in [9.17, 15) is 9.18 Å². The number of allylic oxidation sites excluding steroid dienone is 4. The van der Waals surface area contributed by atoms with E-state index in [2.05, 4.69) is 29.9 Å². The van der Waals surface area contributed by atoms with Gasteiger partial charge in [-0.05, 0) is 56.4 Å². The molecule has 2 aliphatic heterocycles. The number of fused-ring (bicyclic) bond motifs is 1. The topological polar surface area (TPSA) is 58.7 Å². The van der Waals surface area contributed by atoms with Crippen LogP contribution in [-0.4, -0.2) is 28.7 Å². The molecule has 0 aliphatic carbocycles. The highest BCUT2D eigenvalue weighted by Gasteiger charge is 2.27. The number of terminal acetylenes is 1. The number of nitrogens with two attached hydrogens (primary N) is 1. The van der Waals surface area contributed by atoms with Crippen LogP contribution in [-0.2, 0) is 0 Å². The summed E-state index contributed by atoms with van der Waals surface area (Å²) in [6.45, 7) is 7.58. The van der Waals surface area contributed by atoms with Crippen molar-refractivity contribution in [2.45, 2.75) is 52.6 Å². The van der Waals surface area contributed by atoms with Gasteiger partial charge in [0.05, 0.1) is 11.4 Å². The van der Waals surface area contributed by atoms with Crippen molar-refractivity contribution in [3.63, 3.8) is 0 Å². The molecule has 0 fully saturated rings. The summed E-state index contributed by atoms with van der Waals surface area (Å²) in [7, 11) is 0. The molecule has 0 saturated carbocycles. The third-order valence-electron chi connectivity index (χ3n) is 5.56. The lowest BCUT2D eigenvalue weighted by Gasteiger charge is -2.31. The van der Waals surface area contributed by atoms with E-state index in [1.807, 2.05) is 25.3 Å². The molecule has 4 nitrogen and oxygen atoms in total. The number of carbonyl (C=O) groups is 1. The quantitative estimate of drug-likeness (QED) is 0.670. The first-order chi connectivity index (χ1) is 14.6. The SMILES string of the molecule is C#CC1=CN2C(=CCC(C)C=C2c2ccc(C(N)=O)c(C)c2)C(=NCCC(C)(C)F)C1. The minimum Gasteiger partial charge on any atom is -0.366 e. The first-order valence-corrected chi connectivity index (χ1v) is 10.6. The van der Waals surface area contributed by atoms with Crippen LogP contribution >= 0.6 is 0 Å². The lowest BCUT2D eigenvalue weighted by Crippen LogP contribution is -2.27. The molecule has 1 aromatic carbocycles. The highest BCUT2D eigenvalue weighted by molar-refractivity contribution is 6.04. The summed E-state index contributed by atoms with van der Waals surface area (Å²) >= 11 is 0. The zero-order valence-corrected chi connectivity index (χ0v) is 18.7. The zero-order valence-electron chi connectivity index (χ0n) is 18.7. The molecule has 2 heterocycles. The van der Waals surface area contributed by atoms with Crippen LogP contribution < -0.4 is 5.73 Å². The first-order valence-electron chi connectivity index (χ1n) is 10.6. The molecule has 1 aromatic rings. The maximum Gasteiger partial charge on any atom is 0.248 e. The summed E-state index contributed by atoms with van der Waals surface area (Å²) in [6, 6.07) is 5.65. The summed E-state index contributed by atoms with van der Waals surface area (Å²) in [5.41, 5.74) is 10.2. The maximum atomic E-state index is 14.0. The predicted molar refractivity (Wildman–Crippen MR) is 125 cm³/mol. The van der Waals surface area contributed by atoms with Crippen LogP contribution in [0.1, 0.15) is 61.5 Å². The van der Waals surface area contributed by atoms with Crippen molar-refractivity contribution in [2.75, 3.05) is 6.54 Å². The van der Waals surface area contributed by atoms with Crippen molar-refractivity contribution in [3.8, 4) is 12.3 Å². The molecule has 2 N–H and O–H groups in total. The van der Waals surface area contributed by atoms with Crippen LogP contribution in [0, 0.1) is 25.2 Å². The minimum atomic E-state index is -1.26. The Morgan fingerprint density at radius 2 is 2.13 bits per heavy atom. The number of hydrogen-bond donors (Lipinski definition) is 1. The van der Waals surface area contributed by atoms with Crippen LogP contribution in [0.2, 0.25) is 0 Å². The second-order valence-electron chi connectivity index (χ2n) is 8.89. The average molecular weight is 420 g/mol. The van der Waals surface area contributed by atoms with Gasteiger partial charge in [-0.15, -0.1) is 6.42 Å². The largest absolute Gasteiger partial charge is 0.366 e. The molecule has 1 unspecified atom stereocenters. The number of hydrogen-bond acceptors (Lipinski definition) is 3. The molecule has 0 radical (unpaired) electrons. The lowest BCUT2D eigenvalue weighted by molar-refractivity contribution is 0.0999. The van der Waals surface area contributed by atoms with Gasteiger partial charge in [-0.3, -0.25) is 9.79 Å². The van der Waals surface area contributed by atoms with Crippen LogP contribution in [0.25, 0.3) is 5.70 Å². The molecule has 0 aromatic heterocycles. The molecule has 0 saturated heterocycles. The van der Waals surface area contributed by atoms with E-state index in [0.717, 1.165) is 40.2 Å². The number of alkyl halides is 1. The van der Waals surface area contributed by atoms with E-state index < -0.39 is 11.6 Å². The number of carbonyl (C=O) groups excluding carboxylic acids is 1. The summed E-state index contributed by atoms with van der Waals surface area (Å²) < 4.78 is 14.0. The van der Waals surface area contributed by atoms with Crippen LogP contribution in [0.4, 0.5) is 4.39 Å². The van der Waals surface area contributed by atoms with E-state index >= 15 is 0 Å². The smallest absolute Gasteiger partial charge is 0.248 e. The fourth-order valence-corrected chi connectivity index (χ4v) is 3.83. The van der Waals surface area contributed by atoms with Crippen LogP contribution in [0.5, 0.6) is 0 Å². The Labute approximate surface area is 184 Å². The Kier molecular flexibility index (Phi) is 6.50. The summed E-state index contributed by atoms with van der Waals surface area (Å²) in [5, 5.41) is 0. The number of nitrogens with zero attached hydrogens (tertiary/aromatic N) is 2. The molecule has 162 valence electrons. The molecule has 1 amide bonds. The van der Waals surface area contributed by atoms with Crippen molar-refractivity contribution in [1.82, 2.24) is 4.90 Å². The van der Waals surface area contributed by atoms with Gasteiger partial charge in [0.25, 0.3) is 0 Å². The van der Waals surface area contributed by atoms with E-state index in [1.54, 1.807) is 19.9 Å². The normalized spacial score (nSPS) is 20.3. The van der Waals surface area contributed by atoms with Gasteiger partial charge in [-0.25, -0.2) is 4.39 Å². The average Bonchev–Trinajstić information content (AvgIpc) is 2.85. The van der Waals surface area contributed by atoms with Gasteiger partial charge >= 0.3 is 0 Å². The number of rotatable bonds is 5. The molecule has 31 heavy (non-hydrogen) atoms. The summed E-state index contributed by atoms with van der Waals surface area (Å²) in [5.74, 6) is 2.63. The van der Waals surface area contributed by atoms with Crippen molar-refractivity contribution in [2.24, 2.45) is 16.6 Å². The number of amides is 1. The molecule has 3 rings (SSSR count). The number of aliphatic imine (C=N–C) groups is 1. The van der Waals surface area contributed by atoms with Crippen molar-refractivity contribution in [1.29, 1.82) is 0 Å². The van der Waals surface area contributed by atoms with Gasteiger partial charge in [0.2, 0.25) is 5.91 Å². The first kappa shape index (κ1) is 22.6. The summed E-state index contributed by atoms with van der Waals surface area (Å²) in [6.07, 6.45) is 13.9. The monoisotopic (exact) mass is 419 g/mol. The second-order valence-corrected chi connectivity index (χ2v) is 8.89. The van der Waals surface area contributed by atoms with Crippen molar-refractivity contribution < 1.29 is 9.18 Å². The Morgan fingerprint density at radius 1 is 1.39 bits per heavy atom. The maximum absolute atomic E-state index is 14.0. The minimum absolute atomic E-state index is 0.304. The van der Waals surface area contributed by atoms with Gasteiger partial charge in [-0.2, -0.15) is 0 Å². The number of benzene rings is 1. The van der Waals surface area contributed by atoms with Gasteiger partial charge in [0, 0.05) is 42.4 Å². The fourth-order valence-electron chi connectivity index (χ4n) is 3.83. The molecule has 0 spiro atoms. The second kappa shape index (κ2) is 8.93. The molecule has 2 aliphatic rings. The molecule has 1 atom stereocenters. The molecule has 5 heteroatoms. The molecular weight excluding hydrogens is 389 g/mol. The molecule has 0 bridgehead atoms.